The number of hydrogen-bond donors (Lipinski definition) is 2. The summed E-state index contributed by atoms with van der Waals surface area (Å²) in [7, 11) is -7.20. The third-order valence-corrected chi connectivity index (χ3v) is 6.17. The van der Waals surface area contributed by atoms with Crippen LogP contribution in [0.15, 0.2) is 46.2 Å². The van der Waals surface area contributed by atoms with Gasteiger partial charge in [0.15, 0.2) is 0 Å². The molecule has 0 saturated carbocycles. The first-order valence-electron chi connectivity index (χ1n) is 7.46. The second-order valence-electron chi connectivity index (χ2n) is 5.28. The van der Waals surface area contributed by atoms with Crippen molar-refractivity contribution in [3.63, 3.8) is 0 Å². The smallest absolute Gasteiger partial charge is 0.335 e. The molecule has 2 N–H and O–H groups in total. The SMILES string of the molecule is COS(=O)(=O)c1cc(C(=O)O)ccc1Oc1ccc(C(=O)O)cc1S(=O)(=O)OC. The standard InChI is InChI=1S/C16H14O11S2/c1-25-28(21,22)13-7-9(15(17)18)3-5-11(13)27-12-6-4-10(16(19)20)8-14(12)29(23,24)26-2/h3-8H,1-2H3,(H,17,18)(H,19,20). The molecule has 2 aromatic carbocycles. The zero-order chi connectivity index (χ0) is 22.0. The van der Waals surface area contributed by atoms with Crippen molar-refractivity contribution < 1.29 is 49.7 Å². The molecular weight excluding hydrogens is 432 g/mol. The molecule has 0 aromatic heterocycles. The second kappa shape index (κ2) is 8.16. The van der Waals surface area contributed by atoms with E-state index in [-0.39, 0.29) is 11.1 Å². The molecule has 0 amide bonds. The van der Waals surface area contributed by atoms with Crippen molar-refractivity contribution in [3.05, 3.63) is 47.5 Å². The van der Waals surface area contributed by atoms with E-state index >= 15 is 0 Å². The van der Waals surface area contributed by atoms with Crippen LogP contribution in [0.2, 0.25) is 0 Å². The number of carboxylic acid groups (broad SMARTS) is 2. The van der Waals surface area contributed by atoms with Crippen LogP contribution in [0.5, 0.6) is 11.5 Å². The Morgan fingerprint density at radius 3 is 1.34 bits per heavy atom. The Labute approximate surface area is 165 Å². The van der Waals surface area contributed by atoms with Crippen molar-refractivity contribution in [2.75, 3.05) is 14.2 Å². The van der Waals surface area contributed by atoms with Gasteiger partial charge in [0.2, 0.25) is 0 Å². The van der Waals surface area contributed by atoms with Crippen molar-refractivity contribution in [3.8, 4) is 11.5 Å². The van der Waals surface area contributed by atoms with Crippen molar-refractivity contribution in [1.82, 2.24) is 0 Å². The summed E-state index contributed by atoms with van der Waals surface area (Å²) in [6.07, 6.45) is 0. The number of carbonyl (C=O) groups is 2. The summed E-state index contributed by atoms with van der Waals surface area (Å²) in [4.78, 5) is 20.9. The monoisotopic (exact) mass is 446 g/mol. The summed E-state index contributed by atoms with van der Waals surface area (Å²) in [6, 6.07) is 5.58. The van der Waals surface area contributed by atoms with E-state index in [1.807, 2.05) is 0 Å². The molecule has 0 spiro atoms. The van der Waals surface area contributed by atoms with Gasteiger partial charge < -0.3 is 14.9 Å². The molecule has 29 heavy (non-hydrogen) atoms. The van der Waals surface area contributed by atoms with Gasteiger partial charge in [0.25, 0.3) is 20.2 Å². The van der Waals surface area contributed by atoms with Crippen LogP contribution in [0.4, 0.5) is 0 Å². The van der Waals surface area contributed by atoms with Gasteiger partial charge in [0.1, 0.15) is 21.3 Å². The number of rotatable bonds is 8. The van der Waals surface area contributed by atoms with Crippen LogP contribution in [-0.2, 0) is 28.6 Å². The third kappa shape index (κ3) is 4.71. The highest BCUT2D eigenvalue weighted by Gasteiger charge is 2.26. The average molecular weight is 446 g/mol. The molecule has 0 aliphatic rings. The van der Waals surface area contributed by atoms with Crippen LogP contribution < -0.4 is 4.74 Å². The fourth-order valence-electron chi connectivity index (χ4n) is 2.14. The zero-order valence-corrected chi connectivity index (χ0v) is 16.5. The van der Waals surface area contributed by atoms with Gasteiger partial charge in [-0.15, -0.1) is 0 Å². The van der Waals surface area contributed by atoms with E-state index in [0.29, 0.717) is 0 Å². The number of benzene rings is 2. The molecule has 0 radical (unpaired) electrons. The number of carboxylic acids is 2. The molecule has 13 heteroatoms. The van der Waals surface area contributed by atoms with Crippen LogP contribution in [0.3, 0.4) is 0 Å². The lowest BCUT2D eigenvalue weighted by molar-refractivity contribution is 0.0685. The average Bonchev–Trinajstić information content (AvgIpc) is 2.67. The minimum atomic E-state index is -4.44. The van der Waals surface area contributed by atoms with Gasteiger partial charge in [-0.3, -0.25) is 8.37 Å². The van der Waals surface area contributed by atoms with Crippen molar-refractivity contribution in [2.24, 2.45) is 0 Å². The number of aromatic carboxylic acids is 2. The molecular formula is C16H14O11S2. The van der Waals surface area contributed by atoms with Crippen LogP contribution in [-0.4, -0.2) is 53.2 Å². The van der Waals surface area contributed by atoms with E-state index in [0.717, 1.165) is 50.6 Å². The summed E-state index contributed by atoms with van der Waals surface area (Å²) in [5.74, 6) is -3.74. The molecule has 156 valence electrons. The van der Waals surface area contributed by atoms with Crippen molar-refractivity contribution >= 4 is 32.2 Å². The van der Waals surface area contributed by atoms with Crippen LogP contribution in [0.1, 0.15) is 20.7 Å². The minimum Gasteiger partial charge on any atom is -0.478 e. The Hall–Kier alpha value is -3.00. The predicted molar refractivity (Wildman–Crippen MR) is 95.3 cm³/mol. The summed E-state index contributed by atoms with van der Waals surface area (Å²) >= 11 is 0. The molecule has 2 rings (SSSR count). The normalized spacial score (nSPS) is 11.8. The highest BCUT2D eigenvalue weighted by atomic mass is 32.2. The summed E-state index contributed by atoms with van der Waals surface area (Å²) in [6.45, 7) is 0. The summed E-state index contributed by atoms with van der Waals surface area (Å²) in [5.41, 5.74) is -0.780. The molecule has 0 unspecified atom stereocenters. The number of ether oxygens (including phenoxy) is 1. The zero-order valence-electron chi connectivity index (χ0n) is 14.8. The third-order valence-electron chi connectivity index (χ3n) is 3.58. The second-order valence-corrected chi connectivity index (χ2v) is 8.64. The first-order chi connectivity index (χ1) is 13.4. The van der Waals surface area contributed by atoms with Gasteiger partial charge in [-0.2, -0.15) is 16.8 Å². The quantitative estimate of drug-likeness (QED) is 0.564. The summed E-state index contributed by atoms with van der Waals surface area (Å²) < 4.78 is 62.8. The minimum absolute atomic E-state index is 0.390. The van der Waals surface area contributed by atoms with Gasteiger partial charge in [-0.1, -0.05) is 0 Å². The fraction of sp³-hybridized carbons (Fsp3) is 0.125. The van der Waals surface area contributed by atoms with E-state index in [1.54, 1.807) is 0 Å². The molecule has 2 aromatic rings. The lowest BCUT2D eigenvalue weighted by atomic mass is 10.2. The maximum absolute atomic E-state index is 12.2. The van der Waals surface area contributed by atoms with E-state index < -0.39 is 53.5 Å². The Bertz CT molecular complexity index is 1090. The van der Waals surface area contributed by atoms with Crippen molar-refractivity contribution in [1.29, 1.82) is 0 Å². The molecule has 0 saturated heterocycles. The largest absolute Gasteiger partial charge is 0.478 e. The number of hydrogen-bond acceptors (Lipinski definition) is 9. The molecule has 0 atom stereocenters. The van der Waals surface area contributed by atoms with Gasteiger partial charge in [-0.05, 0) is 36.4 Å². The maximum Gasteiger partial charge on any atom is 0.335 e. The molecule has 0 heterocycles. The molecule has 0 aliphatic carbocycles. The van der Waals surface area contributed by atoms with E-state index in [9.17, 15) is 26.4 Å². The fourth-order valence-corrected chi connectivity index (χ4v) is 3.75. The Balaban J connectivity index is 2.71. The van der Waals surface area contributed by atoms with E-state index in [1.165, 1.54) is 0 Å². The van der Waals surface area contributed by atoms with Gasteiger partial charge in [0.05, 0.1) is 25.3 Å². The molecule has 0 bridgehead atoms. The Morgan fingerprint density at radius 2 is 1.07 bits per heavy atom. The van der Waals surface area contributed by atoms with Crippen LogP contribution in [0, 0.1) is 0 Å². The molecule has 0 aliphatic heterocycles. The predicted octanol–water partition coefficient (Wildman–Crippen LogP) is 1.55. The summed E-state index contributed by atoms with van der Waals surface area (Å²) in [5, 5.41) is 18.1. The van der Waals surface area contributed by atoms with Gasteiger partial charge in [-0.25, -0.2) is 9.59 Å². The van der Waals surface area contributed by atoms with Crippen molar-refractivity contribution in [2.45, 2.75) is 9.79 Å². The highest BCUT2D eigenvalue weighted by molar-refractivity contribution is 7.87. The van der Waals surface area contributed by atoms with Gasteiger partial charge >= 0.3 is 11.9 Å². The van der Waals surface area contributed by atoms with Crippen LogP contribution in [0.25, 0.3) is 0 Å². The highest BCUT2D eigenvalue weighted by Crippen LogP contribution is 2.35. The Kier molecular flexibility index (Phi) is 6.27. The lowest BCUT2D eigenvalue weighted by Gasteiger charge is -2.14. The van der Waals surface area contributed by atoms with Crippen LogP contribution >= 0.6 is 0 Å². The Morgan fingerprint density at radius 1 is 0.724 bits per heavy atom. The van der Waals surface area contributed by atoms with Gasteiger partial charge in [0, 0.05) is 0 Å². The molecule has 11 nitrogen and oxygen atoms in total. The van der Waals surface area contributed by atoms with E-state index in [4.69, 9.17) is 14.9 Å². The first-order valence-corrected chi connectivity index (χ1v) is 10.3. The maximum atomic E-state index is 12.2. The topological polar surface area (TPSA) is 171 Å². The molecule has 0 fully saturated rings. The lowest BCUT2D eigenvalue weighted by Crippen LogP contribution is -2.10. The first kappa shape index (κ1) is 22.3. The van der Waals surface area contributed by atoms with E-state index in [2.05, 4.69) is 8.37 Å².